The molecule has 1 aliphatic heterocycles. The van der Waals surface area contributed by atoms with Crippen LogP contribution in [0.15, 0.2) is 72.8 Å². The Morgan fingerprint density at radius 1 is 0.870 bits per heavy atom. The summed E-state index contributed by atoms with van der Waals surface area (Å²) in [5, 5.41) is 2.20. The molecule has 3 aromatic rings. The Bertz CT molecular complexity index is 839. The minimum atomic E-state index is -0.276. The Kier molecular flexibility index (Phi) is 3.46. The Morgan fingerprint density at radius 3 is 2.43 bits per heavy atom. The van der Waals surface area contributed by atoms with Gasteiger partial charge < -0.3 is 4.74 Å². The van der Waals surface area contributed by atoms with Crippen LogP contribution in [0.4, 0.5) is 10.5 Å². The standard InChI is InChI=1S/C20H17NO2/c22-20-21(14-13-19(23-20)16-8-2-1-3-9-16)18-12-6-10-15-7-4-5-11-17(15)18/h1-12,19H,13-14H2. The van der Waals surface area contributed by atoms with Crippen molar-refractivity contribution in [1.29, 1.82) is 0 Å². The number of rotatable bonds is 2. The van der Waals surface area contributed by atoms with E-state index in [-0.39, 0.29) is 12.2 Å². The van der Waals surface area contributed by atoms with Crippen LogP contribution in [0.1, 0.15) is 18.1 Å². The molecule has 0 spiro atoms. The summed E-state index contributed by atoms with van der Waals surface area (Å²) in [7, 11) is 0. The van der Waals surface area contributed by atoms with E-state index < -0.39 is 0 Å². The third-order valence-electron chi connectivity index (χ3n) is 4.31. The van der Waals surface area contributed by atoms with E-state index >= 15 is 0 Å². The minimum absolute atomic E-state index is 0.157. The summed E-state index contributed by atoms with van der Waals surface area (Å²) in [6.07, 6.45) is 0.357. The topological polar surface area (TPSA) is 29.5 Å². The van der Waals surface area contributed by atoms with Gasteiger partial charge >= 0.3 is 6.09 Å². The van der Waals surface area contributed by atoms with E-state index in [0.717, 1.165) is 28.4 Å². The fraction of sp³-hybridized carbons (Fsp3) is 0.150. The minimum Gasteiger partial charge on any atom is -0.441 e. The maximum atomic E-state index is 12.5. The fourth-order valence-electron chi connectivity index (χ4n) is 3.15. The van der Waals surface area contributed by atoms with Crippen LogP contribution in [-0.2, 0) is 4.74 Å². The van der Waals surface area contributed by atoms with Crippen LogP contribution in [0.3, 0.4) is 0 Å². The van der Waals surface area contributed by atoms with Gasteiger partial charge in [0.15, 0.2) is 0 Å². The zero-order chi connectivity index (χ0) is 15.6. The largest absolute Gasteiger partial charge is 0.441 e. The molecule has 1 saturated heterocycles. The van der Waals surface area contributed by atoms with E-state index in [1.165, 1.54) is 0 Å². The second-order valence-corrected chi connectivity index (χ2v) is 5.72. The lowest BCUT2D eigenvalue weighted by Crippen LogP contribution is -2.39. The number of hydrogen-bond donors (Lipinski definition) is 0. The summed E-state index contributed by atoms with van der Waals surface area (Å²) in [6, 6.07) is 24.0. The van der Waals surface area contributed by atoms with Gasteiger partial charge in [0.25, 0.3) is 0 Å². The van der Waals surface area contributed by atoms with E-state index in [4.69, 9.17) is 4.74 Å². The Hall–Kier alpha value is -2.81. The van der Waals surface area contributed by atoms with Crippen LogP contribution < -0.4 is 4.90 Å². The van der Waals surface area contributed by atoms with Crippen LogP contribution in [0, 0.1) is 0 Å². The lowest BCUT2D eigenvalue weighted by atomic mass is 10.0. The highest BCUT2D eigenvalue weighted by atomic mass is 16.6. The fourth-order valence-corrected chi connectivity index (χ4v) is 3.15. The summed E-state index contributed by atoms with van der Waals surface area (Å²) in [4.78, 5) is 14.3. The van der Waals surface area contributed by atoms with Crippen LogP contribution in [0.25, 0.3) is 10.8 Å². The predicted molar refractivity (Wildman–Crippen MR) is 91.6 cm³/mol. The lowest BCUT2D eigenvalue weighted by molar-refractivity contribution is 0.0842. The van der Waals surface area contributed by atoms with Gasteiger partial charge in [-0.15, -0.1) is 0 Å². The molecule has 1 heterocycles. The molecule has 4 rings (SSSR count). The molecular weight excluding hydrogens is 286 g/mol. The maximum absolute atomic E-state index is 12.5. The Labute approximate surface area is 135 Å². The first-order valence-corrected chi connectivity index (χ1v) is 7.84. The number of carbonyl (C=O) groups excluding carboxylic acids is 1. The molecule has 1 unspecified atom stereocenters. The molecule has 3 heteroatoms. The highest BCUT2D eigenvalue weighted by Crippen LogP contribution is 2.33. The molecule has 0 N–H and O–H groups in total. The first-order chi connectivity index (χ1) is 11.3. The number of nitrogens with zero attached hydrogens (tertiary/aromatic N) is 1. The van der Waals surface area contributed by atoms with Crippen molar-refractivity contribution >= 4 is 22.6 Å². The maximum Gasteiger partial charge on any atom is 0.414 e. The molecule has 1 fully saturated rings. The number of fused-ring (bicyclic) bond motifs is 1. The molecule has 0 aliphatic carbocycles. The average Bonchev–Trinajstić information content (AvgIpc) is 2.62. The van der Waals surface area contributed by atoms with Crippen molar-refractivity contribution < 1.29 is 9.53 Å². The molecule has 1 aliphatic rings. The van der Waals surface area contributed by atoms with Gasteiger partial charge in [0, 0.05) is 18.4 Å². The third kappa shape index (κ3) is 2.55. The molecule has 3 nitrogen and oxygen atoms in total. The van der Waals surface area contributed by atoms with Gasteiger partial charge in [-0.2, -0.15) is 0 Å². The molecule has 1 atom stereocenters. The zero-order valence-electron chi connectivity index (χ0n) is 12.7. The normalized spacial score (nSPS) is 18.0. The van der Waals surface area contributed by atoms with Crippen molar-refractivity contribution in [3.8, 4) is 0 Å². The first kappa shape index (κ1) is 13.8. The molecule has 3 aromatic carbocycles. The molecule has 114 valence electrons. The van der Waals surface area contributed by atoms with Crippen LogP contribution in [0.2, 0.25) is 0 Å². The monoisotopic (exact) mass is 303 g/mol. The number of anilines is 1. The van der Waals surface area contributed by atoms with Crippen LogP contribution in [0.5, 0.6) is 0 Å². The second-order valence-electron chi connectivity index (χ2n) is 5.72. The van der Waals surface area contributed by atoms with Crippen molar-refractivity contribution in [2.24, 2.45) is 0 Å². The molecule has 1 amide bonds. The summed E-state index contributed by atoms with van der Waals surface area (Å²) in [5.41, 5.74) is 1.97. The van der Waals surface area contributed by atoms with Crippen LogP contribution in [-0.4, -0.2) is 12.6 Å². The van der Waals surface area contributed by atoms with Crippen molar-refractivity contribution in [2.75, 3.05) is 11.4 Å². The quantitative estimate of drug-likeness (QED) is 0.672. The number of amides is 1. The van der Waals surface area contributed by atoms with E-state index in [2.05, 4.69) is 12.1 Å². The van der Waals surface area contributed by atoms with Crippen LogP contribution >= 0.6 is 0 Å². The number of carbonyl (C=O) groups is 1. The summed E-state index contributed by atoms with van der Waals surface area (Å²) < 4.78 is 5.68. The molecule has 0 aromatic heterocycles. The van der Waals surface area contributed by atoms with E-state index in [9.17, 15) is 4.79 Å². The Morgan fingerprint density at radius 2 is 1.61 bits per heavy atom. The first-order valence-electron chi connectivity index (χ1n) is 7.84. The Balaban J connectivity index is 1.63. The summed E-state index contributed by atoms with van der Waals surface area (Å²) >= 11 is 0. The van der Waals surface area contributed by atoms with E-state index in [1.807, 2.05) is 60.7 Å². The highest BCUT2D eigenvalue weighted by Gasteiger charge is 2.29. The van der Waals surface area contributed by atoms with Crippen molar-refractivity contribution in [3.63, 3.8) is 0 Å². The van der Waals surface area contributed by atoms with E-state index in [1.54, 1.807) is 4.90 Å². The lowest BCUT2D eigenvalue weighted by Gasteiger charge is -2.32. The molecular formula is C20H17NO2. The number of ether oxygens (including phenoxy) is 1. The van der Waals surface area contributed by atoms with Crippen molar-refractivity contribution in [2.45, 2.75) is 12.5 Å². The molecule has 0 bridgehead atoms. The van der Waals surface area contributed by atoms with Gasteiger partial charge in [-0.3, -0.25) is 4.90 Å². The smallest absolute Gasteiger partial charge is 0.414 e. The summed E-state index contributed by atoms with van der Waals surface area (Å²) in [5.74, 6) is 0. The second kappa shape index (κ2) is 5.76. The van der Waals surface area contributed by atoms with Crippen molar-refractivity contribution in [1.82, 2.24) is 0 Å². The number of hydrogen-bond acceptors (Lipinski definition) is 2. The van der Waals surface area contributed by atoms with Gasteiger partial charge in [0.1, 0.15) is 6.10 Å². The van der Waals surface area contributed by atoms with Gasteiger partial charge in [0.05, 0.1) is 5.69 Å². The number of benzene rings is 3. The van der Waals surface area contributed by atoms with Gasteiger partial charge in [0.2, 0.25) is 0 Å². The third-order valence-corrected chi connectivity index (χ3v) is 4.31. The number of cyclic esters (lactones) is 1. The molecule has 0 saturated carbocycles. The van der Waals surface area contributed by atoms with Gasteiger partial charge in [-0.05, 0) is 17.0 Å². The van der Waals surface area contributed by atoms with Gasteiger partial charge in [-0.1, -0.05) is 66.7 Å². The highest BCUT2D eigenvalue weighted by molar-refractivity contribution is 6.01. The SMILES string of the molecule is O=C1OC(c2ccccc2)CCN1c1cccc2ccccc12. The van der Waals surface area contributed by atoms with Crippen molar-refractivity contribution in [3.05, 3.63) is 78.4 Å². The average molecular weight is 303 g/mol. The van der Waals surface area contributed by atoms with E-state index in [0.29, 0.717) is 6.54 Å². The molecule has 23 heavy (non-hydrogen) atoms. The zero-order valence-corrected chi connectivity index (χ0v) is 12.7. The molecule has 0 radical (unpaired) electrons. The van der Waals surface area contributed by atoms with Gasteiger partial charge in [-0.25, -0.2) is 4.79 Å². The summed E-state index contributed by atoms with van der Waals surface area (Å²) in [6.45, 7) is 0.659. The predicted octanol–water partition coefficient (Wildman–Crippen LogP) is 4.93.